The number of aliphatic hydroxyl groups excluding tert-OH is 1. The van der Waals surface area contributed by atoms with Gasteiger partial charge in [-0.2, -0.15) is 0 Å². The third-order valence-electron chi connectivity index (χ3n) is 8.26. The number of hydrogen-bond acceptors (Lipinski definition) is 5. The van der Waals surface area contributed by atoms with Gasteiger partial charge in [0.05, 0.1) is 30.5 Å². The molecule has 48 heavy (non-hydrogen) atoms. The second kappa shape index (κ2) is 18.4. The molecule has 2 amide bonds. The second-order valence-electron chi connectivity index (χ2n) is 12.0. The van der Waals surface area contributed by atoms with Crippen molar-refractivity contribution in [3.8, 4) is 0 Å². The molecule has 1 aromatic heterocycles. The molecule has 0 saturated heterocycles. The van der Waals surface area contributed by atoms with Crippen LogP contribution < -0.4 is 10.6 Å². The Balaban J connectivity index is 1.45. The van der Waals surface area contributed by atoms with E-state index < -0.39 is 29.9 Å². The van der Waals surface area contributed by atoms with Crippen LogP contribution in [0.3, 0.4) is 0 Å². The summed E-state index contributed by atoms with van der Waals surface area (Å²) in [6, 6.07) is 22.2. The van der Waals surface area contributed by atoms with Gasteiger partial charge < -0.3 is 25.5 Å². The lowest BCUT2D eigenvalue weighted by atomic mass is 9.96. The highest BCUT2D eigenvalue weighted by molar-refractivity contribution is 5.87. The molecule has 0 saturated carbocycles. The predicted molar refractivity (Wildman–Crippen MR) is 185 cm³/mol. The largest absolute Gasteiger partial charge is 0.463 e. The number of rotatable bonds is 19. The molecule has 9 heteroatoms. The van der Waals surface area contributed by atoms with Gasteiger partial charge in [-0.15, -0.1) is 13.2 Å². The summed E-state index contributed by atoms with van der Waals surface area (Å²) in [6.45, 7) is 7.21. The third-order valence-corrected chi connectivity index (χ3v) is 8.26. The number of benzene rings is 3. The Labute approximate surface area is 281 Å². The monoisotopic (exact) mass is 653 g/mol. The molecule has 8 nitrogen and oxygen atoms in total. The number of hydrogen-bond donors (Lipinski definition) is 4. The number of para-hydroxylation sites is 1. The lowest BCUT2D eigenvalue weighted by Gasteiger charge is -2.24. The second-order valence-corrected chi connectivity index (χ2v) is 12.0. The topological polar surface area (TPSA) is 121 Å². The van der Waals surface area contributed by atoms with E-state index in [0.29, 0.717) is 25.7 Å². The zero-order chi connectivity index (χ0) is 34.3. The number of fused-ring (bicyclic) bond motifs is 1. The summed E-state index contributed by atoms with van der Waals surface area (Å²) >= 11 is 0. The highest BCUT2D eigenvalue weighted by Crippen LogP contribution is 2.21. The number of aliphatic hydroxyl groups is 1. The fourth-order valence-corrected chi connectivity index (χ4v) is 5.76. The molecule has 4 atom stereocenters. The molecule has 252 valence electrons. The number of H-pyrrole nitrogens is 1. The van der Waals surface area contributed by atoms with Gasteiger partial charge in [0.2, 0.25) is 11.8 Å². The van der Waals surface area contributed by atoms with Gasteiger partial charge in [-0.3, -0.25) is 14.4 Å². The first kappa shape index (κ1) is 35.8. The molecule has 0 unspecified atom stereocenters. The maximum atomic E-state index is 13.7. The molecular formula is C39H44FN3O5. The van der Waals surface area contributed by atoms with Crippen molar-refractivity contribution in [1.29, 1.82) is 0 Å². The van der Waals surface area contributed by atoms with Crippen molar-refractivity contribution in [2.75, 3.05) is 13.2 Å². The molecule has 0 bridgehead atoms. The van der Waals surface area contributed by atoms with Gasteiger partial charge in [0.15, 0.2) is 0 Å². The Kier molecular flexibility index (Phi) is 13.7. The average Bonchev–Trinajstić information content (AvgIpc) is 3.50. The van der Waals surface area contributed by atoms with Crippen LogP contribution in [-0.2, 0) is 38.4 Å². The number of carbonyl (C=O) groups is 3. The quantitative estimate of drug-likeness (QED) is 0.0775. The zero-order valence-electron chi connectivity index (χ0n) is 27.1. The van der Waals surface area contributed by atoms with Crippen LogP contribution in [0.2, 0.25) is 0 Å². The lowest BCUT2D eigenvalue weighted by Crippen LogP contribution is -2.45. The molecule has 3 aromatic carbocycles. The van der Waals surface area contributed by atoms with Crippen LogP contribution in [0.25, 0.3) is 10.9 Å². The molecule has 0 aliphatic rings. The van der Waals surface area contributed by atoms with Crippen LogP contribution in [0.5, 0.6) is 0 Å². The van der Waals surface area contributed by atoms with E-state index >= 15 is 0 Å². The van der Waals surface area contributed by atoms with Crippen molar-refractivity contribution in [3.05, 3.63) is 133 Å². The van der Waals surface area contributed by atoms with E-state index in [0.717, 1.165) is 27.6 Å². The minimum Gasteiger partial charge on any atom is -0.463 e. The highest BCUT2D eigenvalue weighted by Gasteiger charge is 2.27. The Morgan fingerprint density at radius 3 is 2.19 bits per heavy atom. The van der Waals surface area contributed by atoms with E-state index in [9.17, 15) is 23.9 Å². The number of halogens is 1. The molecule has 4 rings (SSSR count). The first-order chi connectivity index (χ1) is 23.3. The first-order valence-corrected chi connectivity index (χ1v) is 16.2. The fraction of sp³-hybridized carbons (Fsp3) is 0.308. The fourth-order valence-electron chi connectivity index (χ4n) is 5.76. The number of esters is 1. The maximum absolute atomic E-state index is 13.7. The first-order valence-electron chi connectivity index (χ1n) is 16.2. The van der Waals surface area contributed by atoms with Crippen molar-refractivity contribution < 1.29 is 28.6 Å². The van der Waals surface area contributed by atoms with Crippen molar-refractivity contribution in [2.45, 2.75) is 50.6 Å². The number of amides is 2. The summed E-state index contributed by atoms with van der Waals surface area (Å²) in [5.41, 5.74) is 3.64. The van der Waals surface area contributed by atoms with Crippen LogP contribution in [0.4, 0.5) is 4.39 Å². The normalized spacial score (nSPS) is 13.5. The Hall–Kier alpha value is -5.02. The smallest absolute Gasteiger partial charge is 0.309 e. The highest BCUT2D eigenvalue weighted by atomic mass is 19.1. The van der Waals surface area contributed by atoms with Crippen LogP contribution >= 0.6 is 0 Å². The SMILES string of the molecule is C=CC[C@@H](CC(=O)N[C@@H](CO)Cc1ccccc1)C(=O)N[C@@H](COC(=O)[C@@H](CC=C)Cc1ccc(F)cc1)Cc1c[nH]c2ccccc12. The number of allylic oxidation sites excluding steroid dienone is 2. The van der Waals surface area contributed by atoms with Gasteiger partial charge in [-0.05, 0) is 67.0 Å². The summed E-state index contributed by atoms with van der Waals surface area (Å²) in [5, 5.41) is 16.8. The molecule has 0 aliphatic carbocycles. The minimum absolute atomic E-state index is 0.0994. The van der Waals surface area contributed by atoms with Crippen LogP contribution in [0, 0.1) is 17.7 Å². The number of carbonyl (C=O) groups excluding carboxylic acids is 3. The van der Waals surface area contributed by atoms with Crippen LogP contribution in [0.1, 0.15) is 36.0 Å². The van der Waals surface area contributed by atoms with Gasteiger partial charge in [0.25, 0.3) is 0 Å². The van der Waals surface area contributed by atoms with E-state index in [4.69, 9.17) is 4.74 Å². The molecule has 1 heterocycles. The van der Waals surface area contributed by atoms with E-state index in [2.05, 4.69) is 28.8 Å². The molecule has 0 radical (unpaired) electrons. The predicted octanol–water partition coefficient (Wildman–Crippen LogP) is 5.61. The third kappa shape index (κ3) is 10.8. The van der Waals surface area contributed by atoms with Gasteiger partial charge in [-0.25, -0.2) is 4.39 Å². The summed E-state index contributed by atoms with van der Waals surface area (Å²) in [6.07, 6.45) is 6.78. The molecular weight excluding hydrogens is 609 g/mol. The van der Waals surface area contributed by atoms with Crippen LogP contribution in [-0.4, -0.2) is 53.2 Å². The number of nitrogens with one attached hydrogen (secondary N) is 3. The van der Waals surface area contributed by atoms with Gasteiger partial charge in [-0.1, -0.05) is 72.8 Å². The Morgan fingerprint density at radius 1 is 0.812 bits per heavy atom. The van der Waals surface area contributed by atoms with Crippen LogP contribution in [0.15, 0.2) is 110 Å². The molecule has 0 aliphatic heterocycles. The van der Waals surface area contributed by atoms with Crippen molar-refractivity contribution in [3.63, 3.8) is 0 Å². The summed E-state index contributed by atoms with van der Waals surface area (Å²) in [4.78, 5) is 43.3. The molecule has 0 spiro atoms. The van der Waals surface area contributed by atoms with E-state index in [1.54, 1.807) is 24.3 Å². The molecule has 0 fully saturated rings. The standard InChI is InChI=1S/C39H44FN3O5/c1-3-10-29(23-37(45)42-33(25-44)21-27-12-6-5-7-13-27)38(46)43-34(22-31-24-41-36-15-9-8-14-35(31)36)26-48-39(47)30(11-4-2)20-28-16-18-32(40)19-17-28/h3-9,12-19,24,29-30,33-34,41,44H,1-2,10-11,20-23,25-26H2,(H,42,45)(H,43,46)/t29-,30-,33+,34+/m0/s1. The maximum Gasteiger partial charge on any atom is 0.309 e. The van der Waals surface area contributed by atoms with Gasteiger partial charge in [0.1, 0.15) is 12.4 Å². The molecule has 4 N–H and O–H groups in total. The summed E-state index contributed by atoms with van der Waals surface area (Å²) in [5.74, 6) is -2.81. The Bertz CT molecular complexity index is 1650. The van der Waals surface area contributed by atoms with E-state index in [1.165, 1.54) is 12.1 Å². The van der Waals surface area contributed by atoms with Crippen molar-refractivity contribution >= 4 is 28.7 Å². The number of aromatic amines is 1. The van der Waals surface area contributed by atoms with Crippen molar-refractivity contribution in [1.82, 2.24) is 15.6 Å². The zero-order valence-corrected chi connectivity index (χ0v) is 27.1. The summed E-state index contributed by atoms with van der Waals surface area (Å²) in [7, 11) is 0. The molecule has 4 aromatic rings. The average molecular weight is 654 g/mol. The number of aromatic nitrogens is 1. The minimum atomic E-state index is -0.730. The van der Waals surface area contributed by atoms with Gasteiger partial charge in [0, 0.05) is 23.5 Å². The number of ether oxygens (including phenoxy) is 1. The summed E-state index contributed by atoms with van der Waals surface area (Å²) < 4.78 is 19.3. The van der Waals surface area contributed by atoms with E-state index in [1.807, 2.05) is 60.8 Å². The van der Waals surface area contributed by atoms with Crippen molar-refractivity contribution in [2.24, 2.45) is 11.8 Å². The lowest BCUT2D eigenvalue weighted by molar-refractivity contribution is -0.149. The van der Waals surface area contributed by atoms with Gasteiger partial charge >= 0.3 is 5.97 Å². The Morgan fingerprint density at radius 2 is 1.48 bits per heavy atom. The van der Waals surface area contributed by atoms with E-state index in [-0.39, 0.29) is 43.7 Å².